The summed E-state index contributed by atoms with van der Waals surface area (Å²) in [5, 5.41) is 18.0. The molecule has 3 N–H and O–H groups in total. The van der Waals surface area contributed by atoms with Crippen molar-refractivity contribution in [2.45, 2.75) is 75.5 Å². The number of aliphatic hydroxyl groups is 1. The Hall–Kier alpha value is -3.71. The van der Waals surface area contributed by atoms with Crippen LogP contribution in [0.2, 0.25) is 0 Å². The second-order valence-corrected chi connectivity index (χ2v) is 14.0. The lowest BCUT2D eigenvalue weighted by atomic mass is 9.93. The number of nitrogens with one attached hydrogen (secondary N) is 2. The molecule has 13 heteroatoms. The molecular formula is C30H39N7O5S. The van der Waals surface area contributed by atoms with Crippen molar-refractivity contribution in [1.82, 2.24) is 24.5 Å². The van der Waals surface area contributed by atoms with Crippen LogP contribution in [-0.4, -0.2) is 70.5 Å². The van der Waals surface area contributed by atoms with Crippen LogP contribution in [0, 0.1) is 11.8 Å². The Labute approximate surface area is 251 Å². The maximum atomic E-state index is 13.6. The van der Waals surface area contributed by atoms with Crippen molar-refractivity contribution in [3.8, 4) is 11.7 Å². The van der Waals surface area contributed by atoms with Crippen molar-refractivity contribution in [2.75, 3.05) is 29.9 Å². The number of rotatable bonds is 5. The van der Waals surface area contributed by atoms with Gasteiger partial charge in [0, 0.05) is 30.9 Å². The Kier molecular flexibility index (Phi) is 8.03. The highest BCUT2D eigenvalue weighted by atomic mass is 32.2. The van der Waals surface area contributed by atoms with Gasteiger partial charge in [0.25, 0.3) is 15.9 Å². The summed E-state index contributed by atoms with van der Waals surface area (Å²) in [7, 11) is -4.24. The third kappa shape index (κ3) is 6.32. The molecule has 2 atom stereocenters. The van der Waals surface area contributed by atoms with E-state index < -0.39 is 22.0 Å². The first-order valence-corrected chi connectivity index (χ1v) is 16.5. The zero-order valence-corrected chi connectivity index (χ0v) is 25.4. The van der Waals surface area contributed by atoms with Crippen molar-refractivity contribution in [2.24, 2.45) is 11.8 Å². The Morgan fingerprint density at radius 2 is 1.91 bits per heavy atom. The van der Waals surface area contributed by atoms with Gasteiger partial charge in [0.1, 0.15) is 18.2 Å². The molecule has 12 nitrogen and oxygen atoms in total. The van der Waals surface area contributed by atoms with Gasteiger partial charge in [-0.2, -0.15) is 8.42 Å². The molecule has 6 rings (SSSR count). The van der Waals surface area contributed by atoms with E-state index in [4.69, 9.17) is 9.72 Å². The van der Waals surface area contributed by atoms with Crippen LogP contribution >= 0.6 is 0 Å². The third-order valence-corrected chi connectivity index (χ3v) is 10.0. The van der Waals surface area contributed by atoms with Crippen LogP contribution in [0.1, 0.15) is 69.2 Å². The number of nitrogens with zero attached hydrogens (tertiary/aromatic N) is 5. The number of sulfonamides is 1. The van der Waals surface area contributed by atoms with Crippen LogP contribution in [0.3, 0.4) is 0 Å². The van der Waals surface area contributed by atoms with Crippen molar-refractivity contribution in [3.05, 3.63) is 48.2 Å². The molecule has 0 radical (unpaired) electrons. The number of carbonyl (C=O) groups excluding carboxylic acids is 1. The average Bonchev–Trinajstić information content (AvgIpc) is 3.74. The predicted molar refractivity (Wildman–Crippen MR) is 161 cm³/mol. The monoisotopic (exact) mass is 609 g/mol. The van der Waals surface area contributed by atoms with Gasteiger partial charge in [0.2, 0.25) is 5.88 Å². The first kappa shape index (κ1) is 29.4. The lowest BCUT2D eigenvalue weighted by Crippen LogP contribution is -2.41. The summed E-state index contributed by atoms with van der Waals surface area (Å²) in [4.78, 5) is 24.8. The van der Waals surface area contributed by atoms with Gasteiger partial charge >= 0.3 is 0 Å². The van der Waals surface area contributed by atoms with Gasteiger partial charge in [-0.1, -0.05) is 18.9 Å². The van der Waals surface area contributed by atoms with Gasteiger partial charge in [-0.3, -0.25) is 4.79 Å². The van der Waals surface area contributed by atoms with E-state index >= 15 is 0 Å². The van der Waals surface area contributed by atoms with Crippen LogP contribution < -0.4 is 19.7 Å². The van der Waals surface area contributed by atoms with Gasteiger partial charge in [-0.15, -0.1) is 5.10 Å². The minimum absolute atomic E-state index is 0.147. The maximum Gasteiger partial charge on any atom is 0.281 e. The number of hydrogen-bond acceptors (Lipinski definition) is 10. The number of fused-ring (bicyclic) bond motifs is 6. The summed E-state index contributed by atoms with van der Waals surface area (Å²) in [6, 6.07) is 9.60. The summed E-state index contributed by atoms with van der Waals surface area (Å²) >= 11 is 0. The number of anilines is 2. The fourth-order valence-electron chi connectivity index (χ4n) is 6.56. The fraction of sp³-hybridized carbons (Fsp3) is 0.533. The zero-order valence-electron chi connectivity index (χ0n) is 24.6. The molecule has 1 saturated carbocycles. The Morgan fingerprint density at radius 1 is 1.09 bits per heavy atom. The van der Waals surface area contributed by atoms with E-state index in [9.17, 15) is 18.3 Å². The number of carbonyl (C=O) groups is 1. The second-order valence-electron chi connectivity index (χ2n) is 12.4. The van der Waals surface area contributed by atoms with Gasteiger partial charge in [0.15, 0.2) is 10.8 Å². The highest BCUT2D eigenvalue weighted by Gasteiger charge is 2.41. The van der Waals surface area contributed by atoms with Crippen molar-refractivity contribution in [3.63, 3.8) is 0 Å². The molecule has 2 aliphatic heterocycles. The summed E-state index contributed by atoms with van der Waals surface area (Å²) in [5.74, 6) is 1.50. The standard InChI is InChI=1S/C30H39N7O5S/c1-30(2)17-20-7-6-15-31-24-10-5-11-27(32-24)43(40,41)35-29(39)22-12-13-25(33-28(22)36(30)18-20)37-16-14-26(34-37)42-19-23(38)21-8-3-4-9-21/h5,10-14,16,20-21,23,38H,3-4,6-9,15,17-19H2,1-2H3,(H,31,32)(H,35,39)/t20-,23?/m0/s1. The van der Waals surface area contributed by atoms with Crippen molar-refractivity contribution < 1.29 is 23.1 Å². The Balaban J connectivity index is 1.32. The molecule has 1 saturated heterocycles. The first-order valence-electron chi connectivity index (χ1n) is 15.0. The van der Waals surface area contributed by atoms with Crippen LogP contribution in [0.15, 0.2) is 47.6 Å². The predicted octanol–water partition coefficient (Wildman–Crippen LogP) is 3.52. The summed E-state index contributed by atoms with van der Waals surface area (Å²) in [5.41, 5.74) is -0.177. The number of aliphatic hydroxyl groups excluding tert-OH is 1. The molecule has 3 aromatic heterocycles. The number of amides is 1. The number of hydrogen-bond donors (Lipinski definition) is 3. The van der Waals surface area contributed by atoms with Crippen molar-refractivity contribution in [1.29, 1.82) is 0 Å². The first-order chi connectivity index (χ1) is 20.6. The highest BCUT2D eigenvalue weighted by molar-refractivity contribution is 7.90. The van der Waals surface area contributed by atoms with E-state index in [2.05, 4.69) is 38.9 Å². The third-order valence-electron chi connectivity index (χ3n) is 8.79. The highest BCUT2D eigenvalue weighted by Crippen LogP contribution is 2.39. The van der Waals surface area contributed by atoms with E-state index in [0.717, 1.165) is 44.9 Å². The Morgan fingerprint density at radius 3 is 2.72 bits per heavy atom. The van der Waals surface area contributed by atoms with Gasteiger partial charge in [-0.05, 0) is 82.1 Å². The summed E-state index contributed by atoms with van der Waals surface area (Å²) < 4.78 is 35.9. The average molecular weight is 610 g/mol. The molecule has 43 heavy (non-hydrogen) atoms. The molecule has 0 spiro atoms. The fourth-order valence-corrected chi connectivity index (χ4v) is 7.50. The van der Waals surface area contributed by atoms with E-state index in [1.54, 1.807) is 41.2 Å². The number of aromatic nitrogens is 4. The molecule has 1 aliphatic carbocycles. The van der Waals surface area contributed by atoms with Gasteiger partial charge in [0.05, 0.1) is 11.7 Å². The quantitative estimate of drug-likeness (QED) is 0.392. The smallest absolute Gasteiger partial charge is 0.281 e. The number of pyridine rings is 2. The minimum atomic E-state index is -4.24. The van der Waals surface area contributed by atoms with Gasteiger partial charge in [-0.25, -0.2) is 19.4 Å². The normalized spacial score (nSPS) is 22.5. The Bertz CT molecular complexity index is 1580. The topological polar surface area (TPSA) is 152 Å². The van der Waals surface area contributed by atoms with Crippen LogP contribution in [0.4, 0.5) is 11.6 Å². The second kappa shape index (κ2) is 11.8. The van der Waals surface area contributed by atoms with Crippen LogP contribution in [0.25, 0.3) is 5.82 Å². The minimum Gasteiger partial charge on any atom is -0.474 e. The molecule has 4 bridgehead atoms. The lowest BCUT2D eigenvalue weighted by molar-refractivity contribution is 0.0574. The lowest BCUT2D eigenvalue weighted by Gasteiger charge is -2.34. The molecular weight excluding hydrogens is 570 g/mol. The molecule has 5 heterocycles. The summed E-state index contributed by atoms with van der Waals surface area (Å²) in [6.07, 6.45) is 8.23. The van der Waals surface area contributed by atoms with E-state index in [-0.39, 0.29) is 28.7 Å². The molecule has 3 aromatic rings. The molecule has 2 fully saturated rings. The molecule has 1 amide bonds. The van der Waals surface area contributed by atoms with Gasteiger partial charge < -0.3 is 20.1 Å². The number of ether oxygens (including phenoxy) is 1. The van der Waals surface area contributed by atoms with Crippen LogP contribution in [0.5, 0.6) is 5.88 Å². The molecule has 230 valence electrons. The maximum absolute atomic E-state index is 13.6. The molecule has 1 unspecified atom stereocenters. The van der Waals surface area contributed by atoms with E-state index in [1.165, 1.54) is 6.07 Å². The van der Waals surface area contributed by atoms with Crippen LogP contribution in [-0.2, 0) is 10.0 Å². The van der Waals surface area contributed by atoms with Crippen molar-refractivity contribution >= 4 is 27.6 Å². The summed E-state index contributed by atoms with van der Waals surface area (Å²) in [6.45, 7) is 5.73. The molecule has 0 aromatic carbocycles. The SMILES string of the molecule is CC1(C)C[C@@H]2CCCNc3cccc(n3)S(=O)(=O)NC(=O)c3ccc(-n4ccc(OCC(O)C5CCCC5)n4)nc3N1C2. The van der Waals surface area contributed by atoms with E-state index in [1.807, 2.05) is 0 Å². The van der Waals surface area contributed by atoms with E-state index in [0.29, 0.717) is 42.3 Å². The largest absolute Gasteiger partial charge is 0.474 e. The zero-order chi connectivity index (χ0) is 30.2. The molecule has 3 aliphatic rings.